The molecule has 5 aromatic rings. The fraction of sp³-hybridized carbons (Fsp3) is 0.0769. The van der Waals surface area contributed by atoms with E-state index in [0.717, 1.165) is 34.1 Å². The smallest absolute Gasteiger partial charge is 0.256 e. The van der Waals surface area contributed by atoms with Gasteiger partial charge in [-0.25, -0.2) is 4.98 Å². The molecule has 2 aromatic carbocycles. The lowest BCUT2D eigenvalue weighted by Gasteiger charge is -2.11. The Morgan fingerprint density at radius 1 is 0.969 bits per heavy atom. The van der Waals surface area contributed by atoms with E-state index >= 15 is 0 Å². The highest BCUT2D eigenvalue weighted by Crippen LogP contribution is 2.26. The first-order valence-electron chi connectivity index (χ1n) is 10.4. The van der Waals surface area contributed by atoms with Crippen molar-refractivity contribution in [3.63, 3.8) is 0 Å². The van der Waals surface area contributed by atoms with Gasteiger partial charge in [-0.05, 0) is 48.9 Å². The van der Waals surface area contributed by atoms with Crippen molar-refractivity contribution in [3.05, 3.63) is 101 Å². The monoisotopic (exact) mass is 420 g/mol. The minimum atomic E-state index is -0.264. The second-order valence-electron chi connectivity index (χ2n) is 7.53. The van der Waals surface area contributed by atoms with Gasteiger partial charge < -0.3 is 10.3 Å². The lowest BCUT2D eigenvalue weighted by Crippen LogP contribution is -2.14. The topological polar surface area (TPSA) is 87.7 Å². The SMILES string of the molecule is CCc1cc(=O)c2cc(NC(=O)c3cc(-c4ccncc4)nc4ccccc34)ccc2[nH]1. The van der Waals surface area contributed by atoms with Crippen molar-refractivity contribution in [2.45, 2.75) is 13.3 Å². The molecule has 156 valence electrons. The van der Waals surface area contributed by atoms with Gasteiger partial charge >= 0.3 is 0 Å². The van der Waals surface area contributed by atoms with Gasteiger partial charge in [0.05, 0.1) is 16.8 Å². The van der Waals surface area contributed by atoms with Crippen molar-refractivity contribution in [3.8, 4) is 11.3 Å². The fourth-order valence-electron chi connectivity index (χ4n) is 3.80. The van der Waals surface area contributed by atoms with Crippen LogP contribution in [0.1, 0.15) is 23.0 Å². The summed E-state index contributed by atoms with van der Waals surface area (Å²) in [5.41, 5.74) is 4.94. The Hall–Kier alpha value is -4.32. The number of carbonyl (C=O) groups is 1. The first-order chi connectivity index (χ1) is 15.6. The molecule has 0 aliphatic carbocycles. The zero-order chi connectivity index (χ0) is 22.1. The highest BCUT2D eigenvalue weighted by molar-refractivity contribution is 6.13. The largest absolute Gasteiger partial charge is 0.358 e. The van der Waals surface area contributed by atoms with Crippen molar-refractivity contribution in [1.29, 1.82) is 0 Å². The van der Waals surface area contributed by atoms with Crippen molar-refractivity contribution in [2.24, 2.45) is 0 Å². The first-order valence-corrected chi connectivity index (χ1v) is 10.4. The van der Waals surface area contributed by atoms with Crippen LogP contribution in [0.4, 0.5) is 5.69 Å². The minimum Gasteiger partial charge on any atom is -0.358 e. The van der Waals surface area contributed by atoms with Crippen LogP contribution >= 0.6 is 0 Å². The maximum Gasteiger partial charge on any atom is 0.256 e. The van der Waals surface area contributed by atoms with Crippen LogP contribution in [0.15, 0.2) is 83.9 Å². The number of hydrogen-bond acceptors (Lipinski definition) is 4. The number of benzene rings is 2. The van der Waals surface area contributed by atoms with E-state index in [-0.39, 0.29) is 11.3 Å². The number of aromatic nitrogens is 3. The van der Waals surface area contributed by atoms with E-state index in [4.69, 9.17) is 4.98 Å². The number of aryl methyl sites for hydroxylation is 1. The van der Waals surface area contributed by atoms with E-state index in [1.54, 1.807) is 36.7 Å². The number of H-pyrrole nitrogens is 1. The molecule has 2 N–H and O–H groups in total. The average molecular weight is 420 g/mol. The Morgan fingerprint density at radius 3 is 2.59 bits per heavy atom. The molecule has 0 bridgehead atoms. The average Bonchev–Trinajstić information content (AvgIpc) is 2.84. The number of nitrogens with zero attached hydrogens (tertiary/aromatic N) is 2. The number of hydrogen-bond donors (Lipinski definition) is 2. The molecule has 3 aromatic heterocycles. The molecule has 0 aliphatic heterocycles. The van der Waals surface area contributed by atoms with Crippen LogP contribution in [0.2, 0.25) is 0 Å². The predicted molar refractivity (Wildman–Crippen MR) is 127 cm³/mol. The number of amides is 1. The van der Waals surface area contributed by atoms with Crippen molar-refractivity contribution in [2.75, 3.05) is 5.32 Å². The molecular weight excluding hydrogens is 400 g/mol. The molecule has 0 saturated carbocycles. The van der Waals surface area contributed by atoms with Crippen LogP contribution in [-0.2, 0) is 6.42 Å². The molecule has 0 spiro atoms. The Labute approximate surface area is 184 Å². The molecule has 32 heavy (non-hydrogen) atoms. The van der Waals surface area contributed by atoms with Crippen LogP contribution in [-0.4, -0.2) is 20.9 Å². The second-order valence-corrected chi connectivity index (χ2v) is 7.53. The number of fused-ring (bicyclic) bond motifs is 2. The number of carbonyl (C=O) groups excluding carboxylic acids is 1. The minimum absolute atomic E-state index is 0.0685. The van der Waals surface area contributed by atoms with Crippen LogP contribution in [0.3, 0.4) is 0 Å². The molecule has 0 saturated heterocycles. The predicted octanol–water partition coefficient (Wildman–Crippen LogP) is 4.95. The number of pyridine rings is 3. The third-order valence-electron chi connectivity index (χ3n) is 5.46. The summed E-state index contributed by atoms with van der Waals surface area (Å²) in [5, 5.41) is 4.24. The van der Waals surface area contributed by atoms with Gasteiger partial charge in [-0.2, -0.15) is 0 Å². The van der Waals surface area contributed by atoms with Gasteiger partial charge in [0.15, 0.2) is 5.43 Å². The fourth-order valence-corrected chi connectivity index (χ4v) is 3.80. The summed E-state index contributed by atoms with van der Waals surface area (Å²) in [6.07, 6.45) is 4.14. The Bertz CT molecular complexity index is 1520. The quantitative estimate of drug-likeness (QED) is 0.430. The van der Waals surface area contributed by atoms with Gasteiger partial charge in [0, 0.05) is 51.7 Å². The lowest BCUT2D eigenvalue weighted by atomic mass is 10.0. The highest BCUT2D eigenvalue weighted by atomic mass is 16.1. The van der Waals surface area contributed by atoms with Crippen LogP contribution in [0, 0.1) is 0 Å². The van der Waals surface area contributed by atoms with Gasteiger partial charge in [0.25, 0.3) is 5.91 Å². The van der Waals surface area contributed by atoms with Crippen LogP contribution < -0.4 is 10.7 Å². The molecule has 6 nitrogen and oxygen atoms in total. The number of rotatable bonds is 4. The zero-order valence-electron chi connectivity index (χ0n) is 17.4. The van der Waals surface area contributed by atoms with E-state index in [2.05, 4.69) is 15.3 Å². The van der Waals surface area contributed by atoms with Crippen molar-refractivity contribution < 1.29 is 4.79 Å². The Balaban J connectivity index is 1.56. The van der Waals surface area contributed by atoms with E-state index in [0.29, 0.717) is 22.3 Å². The third-order valence-corrected chi connectivity index (χ3v) is 5.46. The number of para-hydroxylation sites is 1. The van der Waals surface area contributed by atoms with Gasteiger partial charge in [-0.15, -0.1) is 0 Å². The number of aromatic amines is 1. The maximum absolute atomic E-state index is 13.3. The zero-order valence-corrected chi connectivity index (χ0v) is 17.4. The molecule has 3 heterocycles. The van der Waals surface area contributed by atoms with Crippen molar-refractivity contribution >= 4 is 33.4 Å². The van der Waals surface area contributed by atoms with E-state index in [1.165, 1.54) is 0 Å². The van der Waals surface area contributed by atoms with Gasteiger partial charge in [0.1, 0.15) is 0 Å². The normalized spacial score (nSPS) is 11.0. The summed E-state index contributed by atoms with van der Waals surface area (Å²) in [4.78, 5) is 37.8. The Morgan fingerprint density at radius 2 is 1.78 bits per heavy atom. The molecule has 0 radical (unpaired) electrons. The summed E-state index contributed by atoms with van der Waals surface area (Å²) in [5.74, 6) is -0.264. The summed E-state index contributed by atoms with van der Waals surface area (Å²) in [6.45, 7) is 1.99. The molecular formula is C26H20N4O2. The van der Waals surface area contributed by atoms with Gasteiger partial charge in [-0.1, -0.05) is 25.1 Å². The summed E-state index contributed by atoms with van der Waals surface area (Å²) < 4.78 is 0. The summed E-state index contributed by atoms with van der Waals surface area (Å²) in [6, 6.07) is 20.0. The third kappa shape index (κ3) is 3.63. The van der Waals surface area contributed by atoms with Gasteiger partial charge in [-0.3, -0.25) is 14.6 Å². The Kier molecular flexibility index (Phi) is 4.95. The second kappa shape index (κ2) is 8.07. The van der Waals surface area contributed by atoms with Crippen LogP contribution in [0.25, 0.3) is 33.1 Å². The molecule has 0 unspecified atom stereocenters. The van der Waals surface area contributed by atoms with Gasteiger partial charge in [0.2, 0.25) is 0 Å². The highest BCUT2D eigenvalue weighted by Gasteiger charge is 2.15. The summed E-state index contributed by atoms with van der Waals surface area (Å²) >= 11 is 0. The molecule has 1 amide bonds. The number of nitrogens with one attached hydrogen (secondary N) is 2. The van der Waals surface area contributed by atoms with Crippen molar-refractivity contribution in [1.82, 2.24) is 15.0 Å². The molecule has 0 aliphatic rings. The molecule has 6 heteroatoms. The van der Waals surface area contributed by atoms with E-state index in [9.17, 15) is 9.59 Å². The maximum atomic E-state index is 13.3. The number of anilines is 1. The standard InChI is InChI=1S/C26H20N4O2/c1-2-17-14-25(31)21-13-18(7-8-23(21)28-17)29-26(32)20-15-24(16-9-11-27-12-10-16)30-22-6-4-3-5-19(20)22/h3-15H,2H2,1H3,(H,28,31)(H,29,32). The van der Waals surface area contributed by atoms with E-state index in [1.807, 2.05) is 49.4 Å². The molecule has 0 atom stereocenters. The molecule has 0 fully saturated rings. The lowest BCUT2D eigenvalue weighted by molar-refractivity contribution is 0.102. The molecule has 5 rings (SSSR count). The van der Waals surface area contributed by atoms with Crippen LogP contribution in [0.5, 0.6) is 0 Å². The van der Waals surface area contributed by atoms with E-state index < -0.39 is 0 Å². The first kappa shape index (κ1) is 19.6. The summed E-state index contributed by atoms with van der Waals surface area (Å²) in [7, 11) is 0.